The van der Waals surface area contributed by atoms with Crippen LogP contribution in [0, 0.1) is 0 Å². The molecule has 0 atom stereocenters. The third-order valence-electron chi connectivity index (χ3n) is 5.76. The number of para-hydroxylation sites is 1. The molecule has 2 aromatic heterocycles. The van der Waals surface area contributed by atoms with E-state index in [1.165, 1.54) is 24.7 Å². The fourth-order valence-electron chi connectivity index (χ4n) is 4.03. The smallest absolute Gasteiger partial charge is 0.285 e. The lowest BCUT2D eigenvalue weighted by atomic mass is 9.97. The van der Waals surface area contributed by atoms with Crippen molar-refractivity contribution >= 4 is 17.5 Å². The van der Waals surface area contributed by atoms with E-state index >= 15 is 0 Å². The van der Waals surface area contributed by atoms with E-state index < -0.39 is 5.91 Å². The van der Waals surface area contributed by atoms with Gasteiger partial charge in [0.15, 0.2) is 5.76 Å². The van der Waals surface area contributed by atoms with Gasteiger partial charge in [0.1, 0.15) is 0 Å². The molecular weight excluding hydrogens is 416 g/mol. The van der Waals surface area contributed by atoms with Crippen molar-refractivity contribution in [3.63, 3.8) is 0 Å². The first-order valence-corrected chi connectivity index (χ1v) is 11.2. The Hall–Kier alpha value is -3.87. The van der Waals surface area contributed by atoms with Crippen LogP contribution in [0.15, 0.2) is 71.0 Å². The molecule has 0 radical (unpaired) electrons. The lowest BCUT2D eigenvalue weighted by Crippen LogP contribution is -2.25. The van der Waals surface area contributed by atoms with Crippen LogP contribution in [0.4, 0.5) is 5.69 Å². The summed E-state index contributed by atoms with van der Waals surface area (Å²) in [5.74, 6) is -0.645. The van der Waals surface area contributed by atoms with Crippen molar-refractivity contribution in [1.82, 2.24) is 10.3 Å². The van der Waals surface area contributed by atoms with E-state index in [1.807, 2.05) is 36.4 Å². The Kier molecular flexibility index (Phi) is 7.19. The average Bonchev–Trinajstić information content (AvgIpc) is 3.34. The van der Waals surface area contributed by atoms with E-state index in [0.717, 1.165) is 30.5 Å². The minimum absolute atomic E-state index is 0.0821. The van der Waals surface area contributed by atoms with Crippen molar-refractivity contribution in [2.24, 2.45) is 5.73 Å². The summed E-state index contributed by atoms with van der Waals surface area (Å²) in [5, 5.41) is 6.39. The van der Waals surface area contributed by atoms with Crippen molar-refractivity contribution in [1.29, 1.82) is 0 Å². The van der Waals surface area contributed by atoms with Crippen LogP contribution in [-0.2, 0) is 6.54 Å². The number of nitrogens with zero attached hydrogens (tertiary/aromatic N) is 1. The molecule has 4 rings (SSSR count). The molecule has 0 bridgehead atoms. The lowest BCUT2D eigenvalue weighted by Gasteiger charge is -2.15. The number of nitrogens with two attached hydrogens (primary N) is 1. The number of aromatic nitrogens is 1. The SMILES string of the molecule is NC(=O)c1occc1-c1cc(CNc2ccccc2C(=O)NCCC2=CCCCC2)ccn1. The van der Waals surface area contributed by atoms with Crippen molar-refractivity contribution in [2.45, 2.75) is 38.6 Å². The first-order chi connectivity index (χ1) is 16.1. The summed E-state index contributed by atoms with van der Waals surface area (Å²) in [6.45, 7) is 1.12. The van der Waals surface area contributed by atoms with Crippen molar-refractivity contribution in [3.8, 4) is 11.3 Å². The Morgan fingerprint density at radius 3 is 2.82 bits per heavy atom. The summed E-state index contributed by atoms with van der Waals surface area (Å²) in [5.41, 5.74) is 10.3. The molecule has 7 nitrogen and oxygen atoms in total. The number of hydrogen-bond donors (Lipinski definition) is 3. The van der Waals surface area contributed by atoms with Crippen LogP contribution in [0.25, 0.3) is 11.3 Å². The Balaban J connectivity index is 1.40. The zero-order chi connectivity index (χ0) is 23.0. The molecule has 33 heavy (non-hydrogen) atoms. The lowest BCUT2D eigenvalue weighted by molar-refractivity contribution is 0.0952. The number of pyridine rings is 1. The maximum absolute atomic E-state index is 12.8. The monoisotopic (exact) mass is 444 g/mol. The maximum Gasteiger partial charge on any atom is 0.285 e. The first-order valence-electron chi connectivity index (χ1n) is 11.2. The van der Waals surface area contributed by atoms with Gasteiger partial charge >= 0.3 is 0 Å². The van der Waals surface area contributed by atoms with Gasteiger partial charge in [-0.2, -0.15) is 0 Å². The molecule has 1 aromatic carbocycles. The van der Waals surface area contributed by atoms with Gasteiger partial charge in [-0.25, -0.2) is 0 Å². The predicted octanol–water partition coefficient (Wildman–Crippen LogP) is 4.67. The van der Waals surface area contributed by atoms with Crippen LogP contribution >= 0.6 is 0 Å². The average molecular weight is 445 g/mol. The quantitative estimate of drug-likeness (QED) is 0.415. The van der Waals surface area contributed by atoms with Crippen LogP contribution < -0.4 is 16.4 Å². The summed E-state index contributed by atoms with van der Waals surface area (Å²) >= 11 is 0. The molecule has 0 aliphatic heterocycles. The molecule has 3 aromatic rings. The van der Waals surface area contributed by atoms with Gasteiger partial charge in [0.2, 0.25) is 0 Å². The van der Waals surface area contributed by atoms with Crippen LogP contribution in [0.5, 0.6) is 0 Å². The second-order valence-corrected chi connectivity index (χ2v) is 8.09. The summed E-state index contributed by atoms with van der Waals surface area (Å²) < 4.78 is 5.18. The van der Waals surface area contributed by atoms with E-state index in [-0.39, 0.29) is 11.7 Å². The number of rotatable bonds is 9. The standard InChI is InChI=1S/C26H28N4O3/c27-25(31)24-20(12-15-33-24)23-16-19(11-13-28-23)17-30-22-9-5-4-8-21(22)26(32)29-14-10-18-6-2-1-3-7-18/h4-6,8-9,11-13,15-16,30H,1-3,7,10,14,17H2,(H2,27,31)(H,29,32). The molecule has 7 heteroatoms. The second kappa shape index (κ2) is 10.6. The second-order valence-electron chi connectivity index (χ2n) is 8.09. The Morgan fingerprint density at radius 1 is 1.12 bits per heavy atom. The highest BCUT2D eigenvalue weighted by molar-refractivity contribution is 5.99. The topological polar surface area (TPSA) is 110 Å². The largest absolute Gasteiger partial charge is 0.458 e. The van der Waals surface area contributed by atoms with Crippen LogP contribution in [0.3, 0.4) is 0 Å². The zero-order valence-electron chi connectivity index (χ0n) is 18.5. The number of anilines is 1. The van der Waals surface area contributed by atoms with Crippen LogP contribution in [0.1, 0.15) is 58.6 Å². The number of carbonyl (C=O) groups excluding carboxylic acids is 2. The van der Waals surface area contributed by atoms with E-state index in [1.54, 1.807) is 12.3 Å². The Bertz CT molecular complexity index is 1170. The predicted molar refractivity (Wildman–Crippen MR) is 128 cm³/mol. The highest BCUT2D eigenvalue weighted by atomic mass is 16.3. The normalized spacial score (nSPS) is 13.3. The number of carbonyl (C=O) groups is 2. The minimum atomic E-state index is -0.639. The number of allylic oxidation sites excluding steroid dienone is 1. The number of benzene rings is 1. The minimum Gasteiger partial charge on any atom is -0.458 e. The third-order valence-corrected chi connectivity index (χ3v) is 5.76. The van der Waals surface area contributed by atoms with Crippen molar-refractivity contribution in [2.75, 3.05) is 11.9 Å². The van der Waals surface area contributed by atoms with Crippen molar-refractivity contribution in [3.05, 3.63) is 83.5 Å². The molecule has 0 saturated carbocycles. The number of nitrogens with one attached hydrogen (secondary N) is 2. The summed E-state index contributed by atoms with van der Waals surface area (Å²) in [6.07, 6.45) is 11.1. The third kappa shape index (κ3) is 5.68. The number of primary amides is 1. The van der Waals surface area contributed by atoms with Gasteiger partial charge in [-0.1, -0.05) is 23.8 Å². The number of hydrogen-bond acceptors (Lipinski definition) is 5. The molecule has 1 aliphatic rings. The first kappa shape index (κ1) is 22.3. The molecule has 2 heterocycles. The van der Waals surface area contributed by atoms with Gasteiger partial charge < -0.3 is 20.8 Å². The van der Waals surface area contributed by atoms with Crippen LogP contribution in [-0.4, -0.2) is 23.3 Å². The van der Waals surface area contributed by atoms with Crippen LogP contribution in [0.2, 0.25) is 0 Å². The summed E-state index contributed by atoms with van der Waals surface area (Å²) in [6, 6.07) is 12.9. The Morgan fingerprint density at radius 2 is 2.00 bits per heavy atom. The molecule has 1 aliphatic carbocycles. The maximum atomic E-state index is 12.8. The van der Waals surface area contributed by atoms with Gasteiger partial charge in [0.05, 0.1) is 23.1 Å². The molecule has 0 saturated heterocycles. The van der Waals surface area contributed by atoms with Gasteiger partial charge in [0, 0.05) is 25.0 Å². The summed E-state index contributed by atoms with van der Waals surface area (Å²) in [4.78, 5) is 28.7. The Labute approximate surface area is 193 Å². The number of furan rings is 1. The molecule has 2 amide bonds. The van der Waals surface area contributed by atoms with Crippen molar-refractivity contribution < 1.29 is 14.0 Å². The molecule has 170 valence electrons. The highest BCUT2D eigenvalue weighted by Gasteiger charge is 2.15. The molecule has 0 spiro atoms. The van der Waals surface area contributed by atoms with E-state index in [9.17, 15) is 9.59 Å². The van der Waals surface area contributed by atoms with Gasteiger partial charge in [-0.3, -0.25) is 14.6 Å². The molecule has 0 fully saturated rings. The van der Waals surface area contributed by atoms with E-state index in [4.69, 9.17) is 10.2 Å². The molecular formula is C26H28N4O3. The number of amides is 2. The van der Waals surface area contributed by atoms with Gasteiger partial charge in [-0.05, 0) is 68.0 Å². The van der Waals surface area contributed by atoms with E-state index in [2.05, 4.69) is 21.7 Å². The molecule has 0 unspecified atom stereocenters. The molecule has 4 N–H and O–H groups in total. The fraction of sp³-hybridized carbons (Fsp3) is 0.269. The van der Waals surface area contributed by atoms with Gasteiger partial charge in [-0.15, -0.1) is 0 Å². The zero-order valence-corrected chi connectivity index (χ0v) is 18.5. The van der Waals surface area contributed by atoms with E-state index in [0.29, 0.717) is 29.9 Å². The van der Waals surface area contributed by atoms with Gasteiger partial charge in [0.25, 0.3) is 11.8 Å². The highest BCUT2D eigenvalue weighted by Crippen LogP contribution is 2.24. The fourth-order valence-corrected chi connectivity index (χ4v) is 4.03. The summed E-state index contributed by atoms with van der Waals surface area (Å²) in [7, 11) is 0.